The van der Waals surface area contributed by atoms with Crippen LogP contribution in [0.2, 0.25) is 0 Å². The average molecular weight is 242 g/mol. The smallest absolute Gasteiger partial charge is 0.0585 e. The van der Waals surface area contributed by atoms with E-state index >= 15 is 0 Å². The molecule has 1 saturated heterocycles. The molecule has 1 aliphatic heterocycles. The SMILES string of the molecule is CCCNC(CO)CCN1CC(C)CCC1C. The van der Waals surface area contributed by atoms with Crippen LogP contribution in [0.5, 0.6) is 0 Å². The maximum atomic E-state index is 9.32. The fourth-order valence-corrected chi connectivity index (χ4v) is 2.62. The van der Waals surface area contributed by atoms with Gasteiger partial charge in [0.05, 0.1) is 6.61 Å². The Kier molecular flexibility index (Phi) is 7.09. The average Bonchev–Trinajstić information content (AvgIpc) is 2.33. The molecule has 1 heterocycles. The molecule has 3 nitrogen and oxygen atoms in total. The van der Waals surface area contributed by atoms with E-state index in [1.54, 1.807) is 0 Å². The van der Waals surface area contributed by atoms with Gasteiger partial charge < -0.3 is 15.3 Å². The number of hydrogen-bond acceptors (Lipinski definition) is 3. The van der Waals surface area contributed by atoms with E-state index in [4.69, 9.17) is 0 Å². The molecule has 0 amide bonds. The van der Waals surface area contributed by atoms with Gasteiger partial charge in [0.15, 0.2) is 0 Å². The zero-order valence-electron chi connectivity index (χ0n) is 11.8. The number of nitrogens with zero attached hydrogens (tertiary/aromatic N) is 1. The largest absolute Gasteiger partial charge is 0.395 e. The molecule has 2 N–H and O–H groups in total. The van der Waals surface area contributed by atoms with Crippen LogP contribution in [-0.2, 0) is 0 Å². The van der Waals surface area contributed by atoms with Gasteiger partial charge in [0, 0.05) is 18.6 Å². The summed E-state index contributed by atoms with van der Waals surface area (Å²) in [5.41, 5.74) is 0. The van der Waals surface area contributed by atoms with Crippen LogP contribution in [0.1, 0.15) is 46.5 Å². The minimum absolute atomic E-state index is 0.262. The Morgan fingerprint density at radius 1 is 1.35 bits per heavy atom. The molecular weight excluding hydrogens is 212 g/mol. The lowest BCUT2D eigenvalue weighted by Crippen LogP contribution is -2.44. The lowest BCUT2D eigenvalue weighted by molar-refractivity contribution is 0.113. The van der Waals surface area contributed by atoms with Crippen LogP contribution in [0.15, 0.2) is 0 Å². The van der Waals surface area contributed by atoms with Gasteiger partial charge in [-0.2, -0.15) is 0 Å². The first-order valence-corrected chi connectivity index (χ1v) is 7.25. The van der Waals surface area contributed by atoms with Gasteiger partial charge in [0.1, 0.15) is 0 Å². The van der Waals surface area contributed by atoms with Crippen molar-refractivity contribution >= 4 is 0 Å². The monoisotopic (exact) mass is 242 g/mol. The summed E-state index contributed by atoms with van der Waals surface area (Å²) in [7, 11) is 0. The number of aliphatic hydroxyl groups excluding tert-OH is 1. The lowest BCUT2D eigenvalue weighted by atomic mass is 9.94. The fraction of sp³-hybridized carbons (Fsp3) is 1.00. The first-order chi connectivity index (χ1) is 8.17. The van der Waals surface area contributed by atoms with Crippen LogP contribution in [-0.4, -0.2) is 48.3 Å². The maximum absolute atomic E-state index is 9.32. The van der Waals surface area contributed by atoms with Crippen LogP contribution in [0.25, 0.3) is 0 Å². The first kappa shape index (κ1) is 14.9. The van der Waals surface area contributed by atoms with Gasteiger partial charge in [0.25, 0.3) is 0 Å². The third kappa shape index (κ3) is 5.36. The Morgan fingerprint density at radius 3 is 2.76 bits per heavy atom. The summed E-state index contributed by atoms with van der Waals surface area (Å²) in [5, 5.41) is 12.7. The maximum Gasteiger partial charge on any atom is 0.0585 e. The molecular formula is C14H30N2O. The quantitative estimate of drug-likeness (QED) is 0.715. The van der Waals surface area contributed by atoms with Gasteiger partial charge in [-0.25, -0.2) is 0 Å². The third-order valence-corrected chi connectivity index (χ3v) is 3.91. The molecule has 1 fully saturated rings. The summed E-state index contributed by atoms with van der Waals surface area (Å²) in [4.78, 5) is 2.59. The molecule has 0 saturated carbocycles. The summed E-state index contributed by atoms with van der Waals surface area (Å²) < 4.78 is 0. The molecule has 1 rings (SSSR count). The zero-order valence-corrected chi connectivity index (χ0v) is 11.8. The molecule has 0 aromatic heterocycles. The van der Waals surface area contributed by atoms with E-state index in [0.717, 1.165) is 37.9 Å². The van der Waals surface area contributed by atoms with Crippen molar-refractivity contribution < 1.29 is 5.11 Å². The molecule has 0 aromatic rings. The Hall–Kier alpha value is -0.120. The second-order valence-corrected chi connectivity index (χ2v) is 5.65. The normalized spacial score (nSPS) is 28.2. The van der Waals surface area contributed by atoms with Crippen LogP contribution in [0.3, 0.4) is 0 Å². The molecule has 0 radical (unpaired) electrons. The molecule has 0 aromatic carbocycles. The van der Waals surface area contributed by atoms with E-state index in [0.29, 0.717) is 0 Å². The van der Waals surface area contributed by atoms with Gasteiger partial charge in [-0.3, -0.25) is 0 Å². The third-order valence-electron chi connectivity index (χ3n) is 3.91. The standard InChI is InChI=1S/C14H30N2O/c1-4-8-15-14(11-17)7-9-16-10-12(2)5-6-13(16)3/h12-15,17H,4-11H2,1-3H3. The second kappa shape index (κ2) is 8.06. The van der Waals surface area contributed by atoms with Crippen LogP contribution in [0, 0.1) is 5.92 Å². The van der Waals surface area contributed by atoms with E-state index < -0.39 is 0 Å². The van der Waals surface area contributed by atoms with Crippen molar-refractivity contribution in [1.29, 1.82) is 0 Å². The van der Waals surface area contributed by atoms with Crippen molar-refractivity contribution in [3.05, 3.63) is 0 Å². The van der Waals surface area contributed by atoms with Crippen molar-refractivity contribution in [2.24, 2.45) is 5.92 Å². The lowest BCUT2D eigenvalue weighted by Gasteiger charge is -2.37. The van der Waals surface area contributed by atoms with Crippen molar-refractivity contribution in [1.82, 2.24) is 10.2 Å². The van der Waals surface area contributed by atoms with E-state index in [1.807, 2.05) is 0 Å². The molecule has 0 spiro atoms. The number of likely N-dealkylation sites (tertiary alicyclic amines) is 1. The Bertz CT molecular complexity index is 199. The molecule has 1 aliphatic rings. The molecule has 3 atom stereocenters. The van der Waals surface area contributed by atoms with E-state index in [-0.39, 0.29) is 12.6 Å². The number of rotatable bonds is 7. The summed E-state index contributed by atoms with van der Waals surface area (Å²) in [6.07, 6.45) is 4.89. The fourth-order valence-electron chi connectivity index (χ4n) is 2.62. The molecule has 0 bridgehead atoms. The minimum Gasteiger partial charge on any atom is -0.395 e. The van der Waals surface area contributed by atoms with Gasteiger partial charge in [-0.15, -0.1) is 0 Å². The highest BCUT2D eigenvalue weighted by Gasteiger charge is 2.23. The number of piperidine rings is 1. The highest BCUT2D eigenvalue weighted by atomic mass is 16.3. The predicted molar refractivity (Wildman–Crippen MR) is 73.2 cm³/mol. The molecule has 17 heavy (non-hydrogen) atoms. The number of nitrogens with one attached hydrogen (secondary N) is 1. The molecule has 0 aliphatic carbocycles. The summed E-state index contributed by atoms with van der Waals surface area (Å²) in [6.45, 7) is 10.5. The Morgan fingerprint density at radius 2 is 2.12 bits per heavy atom. The highest BCUT2D eigenvalue weighted by molar-refractivity contribution is 4.78. The van der Waals surface area contributed by atoms with Crippen LogP contribution < -0.4 is 5.32 Å². The molecule has 102 valence electrons. The van der Waals surface area contributed by atoms with Crippen LogP contribution >= 0.6 is 0 Å². The van der Waals surface area contributed by atoms with E-state index in [9.17, 15) is 5.11 Å². The number of hydrogen-bond donors (Lipinski definition) is 2. The second-order valence-electron chi connectivity index (χ2n) is 5.65. The number of aliphatic hydroxyl groups is 1. The topological polar surface area (TPSA) is 35.5 Å². The predicted octanol–water partition coefficient (Wildman–Crippen LogP) is 1.86. The van der Waals surface area contributed by atoms with E-state index in [2.05, 4.69) is 31.0 Å². The van der Waals surface area contributed by atoms with E-state index in [1.165, 1.54) is 19.4 Å². The van der Waals surface area contributed by atoms with Gasteiger partial charge in [-0.1, -0.05) is 13.8 Å². The summed E-state index contributed by atoms with van der Waals surface area (Å²) in [5.74, 6) is 0.836. The summed E-state index contributed by atoms with van der Waals surface area (Å²) >= 11 is 0. The molecule has 3 unspecified atom stereocenters. The zero-order chi connectivity index (χ0) is 12.7. The van der Waals surface area contributed by atoms with Gasteiger partial charge in [0.2, 0.25) is 0 Å². The Labute approximate surface area is 107 Å². The van der Waals surface area contributed by atoms with Gasteiger partial charge >= 0.3 is 0 Å². The van der Waals surface area contributed by atoms with Crippen molar-refractivity contribution in [2.45, 2.75) is 58.5 Å². The van der Waals surface area contributed by atoms with Crippen molar-refractivity contribution in [3.8, 4) is 0 Å². The van der Waals surface area contributed by atoms with Gasteiger partial charge in [-0.05, 0) is 51.6 Å². The molecule has 3 heteroatoms. The summed E-state index contributed by atoms with van der Waals surface area (Å²) in [6, 6.07) is 0.996. The Balaban J connectivity index is 2.26. The van der Waals surface area contributed by atoms with Crippen molar-refractivity contribution in [2.75, 3.05) is 26.2 Å². The highest BCUT2D eigenvalue weighted by Crippen LogP contribution is 2.21. The first-order valence-electron chi connectivity index (χ1n) is 7.25. The van der Waals surface area contributed by atoms with Crippen LogP contribution in [0.4, 0.5) is 0 Å². The van der Waals surface area contributed by atoms with Crippen molar-refractivity contribution in [3.63, 3.8) is 0 Å². The minimum atomic E-state index is 0.262.